The lowest BCUT2D eigenvalue weighted by molar-refractivity contribution is -0.119. The summed E-state index contributed by atoms with van der Waals surface area (Å²) in [6.07, 6.45) is 3.42. The first-order valence-electron chi connectivity index (χ1n) is 5.39. The van der Waals surface area contributed by atoms with E-state index >= 15 is 0 Å². The molecular weight excluding hydrogens is 220 g/mol. The third-order valence-corrected chi connectivity index (χ3v) is 2.29. The molecule has 0 aliphatic carbocycles. The number of rotatable bonds is 4. The maximum Gasteiger partial charge on any atom is 0.239 e. The molecule has 0 saturated heterocycles. The number of carbonyl (C=O) groups excluding carboxylic acids is 1. The van der Waals surface area contributed by atoms with Gasteiger partial charge in [0.15, 0.2) is 5.82 Å². The Kier molecular flexibility index (Phi) is 3.17. The topological polar surface area (TPSA) is 84.2 Å². The molecule has 2 heterocycles. The smallest absolute Gasteiger partial charge is 0.239 e. The number of aryl methyl sites for hydroxylation is 1. The van der Waals surface area contributed by atoms with Crippen LogP contribution in [0.15, 0.2) is 12.4 Å². The summed E-state index contributed by atoms with van der Waals surface area (Å²) in [7, 11) is 0. The van der Waals surface area contributed by atoms with Gasteiger partial charge in [-0.2, -0.15) is 0 Å². The zero-order valence-corrected chi connectivity index (χ0v) is 9.77. The number of nitrogens with one attached hydrogen (secondary N) is 2. The predicted molar refractivity (Wildman–Crippen MR) is 62.7 cm³/mol. The highest BCUT2D eigenvalue weighted by molar-refractivity contribution is 5.81. The highest BCUT2D eigenvalue weighted by Crippen LogP contribution is 2.11. The molecule has 0 fully saturated rings. The van der Waals surface area contributed by atoms with Crippen molar-refractivity contribution in [3.8, 4) is 0 Å². The van der Waals surface area contributed by atoms with Gasteiger partial charge in [-0.25, -0.2) is 4.98 Å². The first kappa shape index (κ1) is 11.3. The van der Waals surface area contributed by atoms with E-state index in [1.165, 1.54) is 0 Å². The SMILES string of the molecule is CCNC(=O)CNc1nccn2c(C)nnc12. The van der Waals surface area contributed by atoms with Gasteiger partial charge in [-0.1, -0.05) is 0 Å². The van der Waals surface area contributed by atoms with Crippen LogP contribution in [0.3, 0.4) is 0 Å². The van der Waals surface area contributed by atoms with E-state index in [4.69, 9.17) is 0 Å². The van der Waals surface area contributed by atoms with Crippen molar-refractivity contribution in [1.82, 2.24) is 24.9 Å². The average molecular weight is 234 g/mol. The number of hydrogen-bond acceptors (Lipinski definition) is 5. The Morgan fingerprint density at radius 3 is 3.06 bits per heavy atom. The first-order valence-corrected chi connectivity index (χ1v) is 5.39. The van der Waals surface area contributed by atoms with Gasteiger partial charge in [-0.05, 0) is 13.8 Å². The molecular formula is C10H14N6O. The largest absolute Gasteiger partial charge is 0.358 e. The van der Waals surface area contributed by atoms with Crippen LogP contribution >= 0.6 is 0 Å². The molecule has 0 bridgehead atoms. The highest BCUT2D eigenvalue weighted by Gasteiger charge is 2.08. The van der Waals surface area contributed by atoms with Crippen molar-refractivity contribution in [2.24, 2.45) is 0 Å². The van der Waals surface area contributed by atoms with Gasteiger partial charge in [0.1, 0.15) is 5.82 Å². The molecule has 7 heteroatoms. The quantitative estimate of drug-likeness (QED) is 0.776. The van der Waals surface area contributed by atoms with Gasteiger partial charge in [0.05, 0.1) is 6.54 Å². The Morgan fingerprint density at radius 1 is 1.47 bits per heavy atom. The molecule has 2 aromatic heterocycles. The van der Waals surface area contributed by atoms with Crippen molar-refractivity contribution in [2.75, 3.05) is 18.4 Å². The van der Waals surface area contributed by atoms with Crippen molar-refractivity contribution < 1.29 is 4.79 Å². The molecule has 2 N–H and O–H groups in total. The summed E-state index contributed by atoms with van der Waals surface area (Å²) in [5.41, 5.74) is 0.620. The van der Waals surface area contributed by atoms with E-state index in [-0.39, 0.29) is 12.5 Å². The summed E-state index contributed by atoms with van der Waals surface area (Å²) >= 11 is 0. The molecule has 90 valence electrons. The predicted octanol–water partition coefficient (Wildman–Crippen LogP) is -0.0193. The molecule has 0 unspecified atom stereocenters. The van der Waals surface area contributed by atoms with E-state index in [9.17, 15) is 4.79 Å². The Bertz CT molecular complexity index is 535. The number of hydrogen-bond donors (Lipinski definition) is 2. The average Bonchev–Trinajstić information content (AvgIpc) is 2.70. The minimum atomic E-state index is -0.0764. The summed E-state index contributed by atoms with van der Waals surface area (Å²) < 4.78 is 1.81. The van der Waals surface area contributed by atoms with Crippen molar-refractivity contribution in [2.45, 2.75) is 13.8 Å². The number of carbonyl (C=O) groups is 1. The summed E-state index contributed by atoms with van der Waals surface area (Å²) in [5, 5.41) is 13.6. The zero-order chi connectivity index (χ0) is 12.3. The minimum Gasteiger partial charge on any atom is -0.358 e. The summed E-state index contributed by atoms with van der Waals surface area (Å²) in [6, 6.07) is 0. The van der Waals surface area contributed by atoms with Gasteiger partial charge in [-0.3, -0.25) is 9.20 Å². The number of anilines is 1. The number of aromatic nitrogens is 4. The lowest BCUT2D eigenvalue weighted by atomic mass is 10.5. The second-order valence-corrected chi connectivity index (χ2v) is 3.52. The molecule has 0 aliphatic heterocycles. The molecule has 0 spiro atoms. The van der Waals surface area contributed by atoms with E-state index in [0.717, 1.165) is 5.82 Å². The Labute approximate surface area is 98.3 Å². The normalized spacial score (nSPS) is 10.5. The maximum atomic E-state index is 11.3. The monoisotopic (exact) mass is 234 g/mol. The molecule has 0 saturated carbocycles. The lowest BCUT2D eigenvalue weighted by Gasteiger charge is -2.06. The fourth-order valence-corrected chi connectivity index (χ4v) is 1.49. The number of fused-ring (bicyclic) bond motifs is 1. The van der Waals surface area contributed by atoms with Crippen LogP contribution < -0.4 is 10.6 Å². The second-order valence-electron chi connectivity index (χ2n) is 3.52. The van der Waals surface area contributed by atoms with Crippen LogP contribution in [0.25, 0.3) is 5.65 Å². The summed E-state index contributed by atoms with van der Waals surface area (Å²) in [4.78, 5) is 15.5. The molecule has 0 radical (unpaired) electrons. The number of nitrogens with zero attached hydrogens (tertiary/aromatic N) is 4. The number of amides is 1. The van der Waals surface area contributed by atoms with Crippen molar-refractivity contribution in [1.29, 1.82) is 0 Å². The minimum absolute atomic E-state index is 0.0764. The van der Waals surface area contributed by atoms with Gasteiger partial charge in [0, 0.05) is 18.9 Å². The van der Waals surface area contributed by atoms with Crippen LogP contribution in [0.1, 0.15) is 12.7 Å². The third kappa shape index (κ3) is 2.32. The van der Waals surface area contributed by atoms with E-state index < -0.39 is 0 Å². The molecule has 1 amide bonds. The van der Waals surface area contributed by atoms with E-state index in [2.05, 4.69) is 25.8 Å². The lowest BCUT2D eigenvalue weighted by Crippen LogP contribution is -2.29. The van der Waals surface area contributed by atoms with Crippen LogP contribution in [0.5, 0.6) is 0 Å². The van der Waals surface area contributed by atoms with Gasteiger partial charge in [0.25, 0.3) is 0 Å². The van der Waals surface area contributed by atoms with Gasteiger partial charge < -0.3 is 10.6 Å². The molecule has 17 heavy (non-hydrogen) atoms. The molecule has 0 aromatic carbocycles. The van der Waals surface area contributed by atoms with Crippen molar-refractivity contribution in [3.05, 3.63) is 18.2 Å². The Hall–Kier alpha value is -2.18. The standard InChI is InChI=1S/C10H14N6O/c1-3-11-8(17)6-13-9-10-15-14-7(2)16(10)5-4-12-9/h4-5H,3,6H2,1-2H3,(H,11,17)(H,12,13). The van der Waals surface area contributed by atoms with Crippen LogP contribution in [0.2, 0.25) is 0 Å². The zero-order valence-electron chi connectivity index (χ0n) is 9.77. The molecule has 2 rings (SSSR count). The fourth-order valence-electron chi connectivity index (χ4n) is 1.49. The maximum absolute atomic E-state index is 11.3. The van der Waals surface area contributed by atoms with Gasteiger partial charge in [0.2, 0.25) is 11.6 Å². The van der Waals surface area contributed by atoms with Gasteiger partial charge >= 0.3 is 0 Å². The first-order chi connectivity index (χ1) is 8.22. The second kappa shape index (κ2) is 4.77. The van der Waals surface area contributed by atoms with E-state index in [0.29, 0.717) is 18.0 Å². The Morgan fingerprint density at radius 2 is 2.29 bits per heavy atom. The Balaban J connectivity index is 2.16. The molecule has 7 nitrogen and oxygen atoms in total. The summed E-state index contributed by atoms with van der Waals surface area (Å²) in [6.45, 7) is 4.51. The van der Waals surface area contributed by atoms with E-state index in [1.807, 2.05) is 18.2 Å². The van der Waals surface area contributed by atoms with Crippen LogP contribution in [-0.4, -0.2) is 38.6 Å². The van der Waals surface area contributed by atoms with Crippen LogP contribution in [0.4, 0.5) is 5.82 Å². The van der Waals surface area contributed by atoms with E-state index in [1.54, 1.807) is 12.4 Å². The third-order valence-electron chi connectivity index (χ3n) is 2.29. The summed E-state index contributed by atoms with van der Waals surface area (Å²) in [5.74, 6) is 1.26. The van der Waals surface area contributed by atoms with Crippen molar-refractivity contribution >= 4 is 17.4 Å². The van der Waals surface area contributed by atoms with Crippen LogP contribution in [-0.2, 0) is 4.79 Å². The highest BCUT2D eigenvalue weighted by atomic mass is 16.1. The number of likely N-dealkylation sites (N-methyl/N-ethyl adjacent to an activating group) is 1. The molecule has 0 aliphatic rings. The molecule has 2 aromatic rings. The molecule has 0 atom stereocenters. The van der Waals surface area contributed by atoms with Crippen LogP contribution in [0, 0.1) is 6.92 Å². The van der Waals surface area contributed by atoms with Crippen molar-refractivity contribution in [3.63, 3.8) is 0 Å². The fraction of sp³-hybridized carbons (Fsp3) is 0.400. The van der Waals surface area contributed by atoms with Gasteiger partial charge in [-0.15, -0.1) is 10.2 Å².